The molecule has 2 aromatic rings. The molecule has 0 saturated heterocycles. The number of halogens is 1. The van der Waals surface area contributed by atoms with Crippen molar-refractivity contribution in [3.63, 3.8) is 0 Å². The molecule has 0 N–H and O–H groups in total. The Morgan fingerprint density at radius 2 is 2.16 bits per heavy atom. The SMILES string of the molecule is Cc1c(COc2cccnc2Cl)cccc1[N+](=O)[O-]. The number of hydrogen-bond acceptors (Lipinski definition) is 4. The van der Waals surface area contributed by atoms with E-state index in [2.05, 4.69) is 4.98 Å². The maximum atomic E-state index is 10.8. The van der Waals surface area contributed by atoms with Crippen molar-refractivity contribution in [2.75, 3.05) is 0 Å². The molecular weight excluding hydrogens is 268 g/mol. The molecule has 0 aliphatic carbocycles. The molecule has 1 heterocycles. The molecule has 0 radical (unpaired) electrons. The number of nitro groups is 1. The van der Waals surface area contributed by atoms with Crippen LogP contribution in [0.15, 0.2) is 36.5 Å². The van der Waals surface area contributed by atoms with Crippen molar-refractivity contribution in [1.29, 1.82) is 0 Å². The number of nitro benzene ring substituents is 1. The second-order valence-corrected chi connectivity index (χ2v) is 4.26. The molecule has 1 aromatic heterocycles. The lowest BCUT2D eigenvalue weighted by Crippen LogP contribution is -2.01. The Morgan fingerprint density at radius 1 is 1.37 bits per heavy atom. The zero-order valence-corrected chi connectivity index (χ0v) is 10.9. The predicted molar refractivity (Wildman–Crippen MR) is 71.4 cm³/mol. The van der Waals surface area contributed by atoms with E-state index in [0.29, 0.717) is 11.3 Å². The number of ether oxygens (including phenoxy) is 1. The first-order chi connectivity index (χ1) is 9.09. The van der Waals surface area contributed by atoms with Gasteiger partial charge in [-0.1, -0.05) is 23.7 Å². The highest BCUT2D eigenvalue weighted by Gasteiger charge is 2.13. The van der Waals surface area contributed by atoms with Crippen LogP contribution in [0.1, 0.15) is 11.1 Å². The highest BCUT2D eigenvalue weighted by molar-refractivity contribution is 6.30. The van der Waals surface area contributed by atoms with Gasteiger partial charge in [-0.15, -0.1) is 0 Å². The number of nitrogens with zero attached hydrogens (tertiary/aromatic N) is 2. The Labute approximate surface area is 115 Å². The molecule has 5 nitrogen and oxygen atoms in total. The first kappa shape index (κ1) is 13.3. The normalized spacial score (nSPS) is 10.2. The smallest absolute Gasteiger partial charge is 0.272 e. The molecule has 19 heavy (non-hydrogen) atoms. The Hall–Kier alpha value is -2.14. The van der Waals surface area contributed by atoms with Gasteiger partial charge in [-0.2, -0.15) is 0 Å². The van der Waals surface area contributed by atoms with Crippen molar-refractivity contribution in [3.8, 4) is 5.75 Å². The fourth-order valence-electron chi connectivity index (χ4n) is 1.66. The topological polar surface area (TPSA) is 65.3 Å². The van der Waals surface area contributed by atoms with Crippen molar-refractivity contribution < 1.29 is 9.66 Å². The van der Waals surface area contributed by atoms with Crippen LogP contribution < -0.4 is 4.74 Å². The van der Waals surface area contributed by atoms with E-state index in [1.165, 1.54) is 6.07 Å². The third-order valence-corrected chi connectivity index (χ3v) is 3.01. The van der Waals surface area contributed by atoms with E-state index < -0.39 is 4.92 Å². The van der Waals surface area contributed by atoms with Crippen LogP contribution in [0.5, 0.6) is 5.75 Å². The van der Waals surface area contributed by atoms with Gasteiger partial charge in [0.25, 0.3) is 5.69 Å². The van der Waals surface area contributed by atoms with Crippen molar-refractivity contribution in [2.45, 2.75) is 13.5 Å². The summed E-state index contributed by atoms with van der Waals surface area (Å²) >= 11 is 5.87. The molecule has 0 unspecified atom stereocenters. The molecule has 0 aliphatic heterocycles. The molecule has 2 rings (SSSR count). The first-order valence-electron chi connectivity index (χ1n) is 5.56. The third-order valence-electron chi connectivity index (χ3n) is 2.72. The first-order valence-corrected chi connectivity index (χ1v) is 5.93. The number of rotatable bonds is 4. The van der Waals surface area contributed by atoms with E-state index in [-0.39, 0.29) is 17.4 Å². The number of benzene rings is 1. The summed E-state index contributed by atoms with van der Waals surface area (Å²) in [5.41, 5.74) is 1.42. The third kappa shape index (κ3) is 3.00. The number of pyridine rings is 1. The maximum Gasteiger partial charge on any atom is 0.272 e. The highest BCUT2D eigenvalue weighted by Crippen LogP contribution is 2.25. The Morgan fingerprint density at radius 3 is 2.84 bits per heavy atom. The van der Waals surface area contributed by atoms with Gasteiger partial charge in [0.15, 0.2) is 10.9 Å². The summed E-state index contributed by atoms with van der Waals surface area (Å²) in [6.07, 6.45) is 1.56. The van der Waals surface area contributed by atoms with E-state index in [4.69, 9.17) is 16.3 Å². The van der Waals surface area contributed by atoms with Crippen LogP contribution in [0.4, 0.5) is 5.69 Å². The van der Waals surface area contributed by atoms with Crippen molar-refractivity contribution in [1.82, 2.24) is 4.98 Å². The average Bonchev–Trinajstić information content (AvgIpc) is 2.39. The molecule has 0 fully saturated rings. The fraction of sp³-hybridized carbons (Fsp3) is 0.154. The Balaban J connectivity index is 2.19. The summed E-state index contributed by atoms with van der Waals surface area (Å²) in [6.45, 7) is 1.90. The number of aromatic nitrogens is 1. The molecule has 1 aromatic carbocycles. The minimum absolute atomic E-state index is 0.0818. The van der Waals surface area contributed by atoms with E-state index in [1.54, 1.807) is 37.4 Å². The van der Waals surface area contributed by atoms with Crippen LogP contribution >= 0.6 is 11.6 Å². The quantitative estimate of drug-likeness (QED) is 0.487. The van der Waals surface area contributed by atoms with Crippen molar-refractivity contribution >= 4 is 17.3 Å². The molecule has 0 spiro atoms. The van der Waals surface area contributed by atoms with E-state index in [1.807, 2.05) is 0 Å². The Kier molecular flexibility index (Phi) is 3.97. The van der Waals surface area contributed by atoms with Gasteiger partial charge in [-0.25, -0.2) is 4.98 Å². The van der Waals surface area contributed by atoms with Crippen LogP contribution in [-0.4, -0.2) is 9.91 Å². The molecule has 98 valence electrons. The maximum absolute atomic E-state index is 10.8. The zero-order chi connectivity index (χ0) is 13.8. The Bertz CT molecular complexity index is 617. The van der Waals surface area contributed by atoms with Gasteiger partial charge in [-0.3, -0.25) is 10.1 Å². The second kappa shape index (κ2) is 5.67. The zero-order valence-electron chi connectivity index (χ0n) is 10.2. The van der Waals surface area contributed by atoms with Gasteiger partial charge in [-0.05, 0) is 24.6 Å². The summed E-state index contributed by atoms with van der Waals surface area (Å²) < 4.78 is 5.52. The minimum atomic E-state index is -0.407. The van der Waals surface area contributed by atoms with Crippen LogP contribution in [0.25, 0.3) is 0 Å². The van der Waals surface area contributed by atoms with Crippen LogP contribution in [0.3, 0.4) is 0 Å². The van der Waals surface area contributed by atoms with Crippen LogP contribution in [0.2, 0.25) is 5.15 Å². The second-order valence-electron chi connectivity index (χ2n) is 3.90. The molecular formula is C13H11ClN2O3. The van der Waals surface area contributed by atoms with Crippen molar-refractivity contribution in [3.05, 3.63) is 62.9 Å². The lowest BCUT2D eigenvalue weighted by molar-refractivity contribution is -0.385. The monoisotopic (exact) mass is 278 g/mol. The predicted octanol–water partition coefficient (Wildman–Crippen LogP) is 3.53. The summed E-state index contributed by atoms with van der Waals surface area (Å²) in [5.74, 6) is 0.454. The van der Waals surface area contributed by atoms with Gasteiger partial charge in [0, 0.05) is 17.8 Å². The average molecular weight is 279 g/mol. The highest BCUT2D eigenvalue weighted by atomic mass is 35.5. The lowest BCUT2D eigenvalue weighted by atomic mass is 10.1. The molecule has 0 aliphatic rings. The van der Waals surface area contributed by atoms with Gasteiger partial charge >= 0.3 is 0 Å². The molecule has 6 heteroatoms. The standard InChI is InChI=1S/C13H11ClN2O3/c1-9-10(4-2-5-11(9)16(17)18)8-19-12-6-3-7-15-13(12)14/h2-7H,8H2,1H3. The lowest BCUT2D eigenvalue weighted by Gasteiger charge is -2.09. The summed E-state index contributed by atoms with van der Waals surface area (Å²) in [6, 6.07) is 8.29. The largest absolute Gasteiger partial charge is 0.486 e. The van der Waals surface area contributed by atoms with Gasteiger partial charge in [0.1, 0.15) is 6.61 Å². The van der Waals surface area contributed by atoms with Crippen LogP contribution in [-0.2, 0) is 6.61 Å². The van der Waals surface area contributed by atoms with Gasteiger partial charge in [0.05, 0.1) is 4.92 Å². The van der Waals surface area contributed by atoms with Gasteiger partial charge < -0.3 is 4.74 Å². The summed E-state index contributed by atoms with van der Waals surface area (Å²) in [5, 5.41) is 11.1. The molecule has 0 atom stereocenters. The minimum Gasteiger partial charge on any atom is -0.486 e. The van der Waals surface area contributed by atoms with Crippen LogP contribution in [0, 0.1) is 17.0 Å². The summed E-state index contributed by atoms with van der Waals surface area (Å²) in [7, 11) is 0. The summed E-state index contributed by atoms with van der Waals surface area (Å²) in [4.78, 5) is 14.3. The van der Waals surface area contributed by atoms with E-state index >= 15 is 0 Å². The molecule has 0 bridgehead atoms. The number of hydrogen-bond donors (Lipinski definition) is 0. The van der Waals surface area contributed by atoms with Crippen molar-refractivity contribution in [2.24, 2.45) is 0 Å². The molecule has 0 amide bonds. The molecule has 0 saturated carbocycles. The van der Waals surface area contributed by atoms with Gasteiger partial charge in [0.2, 0.25) is 0 Å². The fourth-order valence-corrected chi connectivity index (χ4v) is 1.83. The van der Waals surface area contributed by atoms with E-state index in [9.17, 15) is 10.1 Å². The van der Waals surface area contributed by atoms with E-state index in [0.717, 1.165) is 5.56 Å².